The number of benzene rings is 1. The topological polar surface area (TPSA) is 55.8 Å². The van der Waals surface area contributed by atoms with Gasteiger partial charge in [-0.1, -0.05) is 23.7 Å². The molecule has 6 heteroatoms. The van der Waals surface area contributed by atoms with Gasteiger partial charge in [0.1, 0.15) is 0 Å². The Balaban J connectivity index is 1.73. The summed E-state index contributed by atoms with van der Waals surface area (Å²) in [4.78, 5) is 15.8. The number of carbonyl (C=O) groups is 1. The number of amides is 2. The summed E-state index contributed by atoms with van der Waals surface area (Å²) in [5.74, 6) is 0. The lowest BCUT2D eigenvalue weighted by atomic mass is 10.0. The van der Waals surface area contributed by atoms with E-state index in [1.54, 1.807) is 7.05 Å². The number of urea groups is 1. The number of likely N-dealkylation sites (N-methyl/N-ethyl adjacent to an activating group) is 1. The smallest absolute Gasteiger partial charge is 0.317 e. The average Bonchev–Trinajstić information content (AvgIpc) is 2.51. The van der Waals surface area contributed by atoms with E-state index < -0.39 is 0 Å². The van der Waals surface area contributed by atoms with Gasteiger partial charge in [0, 0.05) is 44.3 Å². The molecule has 2 amide bonds. The van der Waals surface area contributed by atoms with E-state index in [9.17, 15) is 4.79 Å². The van der Waals surface area contributed by atoms with Crippen molar-refractivity contribution in [2.75, 3.05) is 33.3 Å². The third kappa shape index (κ3) is 5.16. The predicted molar refractivity (Wildman–Crippen MR) is 88.0 cm³/mol. The Hall–Kier alpha value is -1.30. The minimum absolute atomic E-state index is 0.0105. The van der Waals surface area contributed by atoms with Crippen LogP contribution in [-0.4, -0.2) is 60.3 Å². The zero-order valence-corrected chi connectivity index (χ0v) is 13.7. The molecule has 2 N–H and O–H groups in total. The molecule has 0 atom stereocenters. The first-order valence-corrected chi connectivity index (χ1v) is 8.05. The molecule has 1 aliphatic heterocycles. The second-order valence-corrected chi connectivity index (χ2v) is 6.21. The van der Waals surface area contributed by atoms with Crippen LogP contribution in [0.25, 0.3) is 0 Å². The Bertz CT molecular complexity index is 473. The number of rotatable bonds is 5. The minimum Gasteiger partial charge on any atom is -0.395 e. The molecule has 1 aromatic carbocycles. The monoisotopic (exact) mass is 325 g/mol. The van der Waals surface area contributed by atoms with Crippen molar-refractivity contribution in [2.24, 2.45) is 0 Å². The molecule has 0 saturated carbocycles. The van der Waals surface area contributed by atoms with Crippen LogP contribution < -0.4 is 5.32 Å². The highest BCUT2D eigenvalue weighted by atomic mass is 35.5. The molecule has 1 heterocycles. The maximum absolute atomic E-state index is 11.9. The zero-order chi connectivity index (χ0) is 15.9. The zero-order valence-electron chi connectivity index (χ0n) is 13.0. The van der Waals surface area contributed by atoms with E-state index >= 15 is 0 Å². The first kappa shape index (κ1) is 17.1. The Morgan fingerprint density at radius 3 is 2.59 bits per heavy atom. The molecule has 1 saturated heterocycles. The third-order valence-corrected chi connectivity index (χ3v) is 4.27. The Labute approximate surface area is 136 Å². The van der Waals surface area contributed by atoms with Gasteiger partial charge in [0.15, 0.2) is 0 Å². The van der Waals surface area contributed by atoms with Crippen LogP contribution in [0.2, 0.25) is 5.02 Å². The first-order valence-electron chi connectivity index (χ1n) is 7.68. The molecule has 0 radical (unpaired) electrons. The van der Waals surface area contributed by atoms with Crippen LogP contribution in [0, 0.1) is 0 Å². The van der Waals surface area contributed by atoms with E-state index in [0.717, 1.165) is 37.5 Å². The lowest BCUT2D eigenvalue weighted by Crippen LogP contribution is -2.48. The molecular formula is C16H24ClN3O2. The number of nitrogens with zero attached hydrogens (tertiary/aromatic N) is 2. The number of aliphatic hydroxyl groups is 1. The summed E-state index contributed by atoms with van der Waals surface area (Å²) >= 11 is 5.90. The number of aliphatic hydroxyl groups excluding tert-OH is 1. The van der Waals surface area contributed by atoms with Crippen LogP contribution in [-0.2, 0) is 6.54 Å². The number of carbonyl (C=O) groups excluding carboxylic acids is 1. The summed E-state index contributed by atoms with van der Waals surface area (Å²) in [5, 5.41) is 12.6. The van der Waals surface area contributed by atoms with Crippen LogP contribution in [0.5, 0.6) is 0 Å². The molecule has 2 rings (SSSR count). The van der Waals surface area contributed by atoms with E-state index in [-0.39, 0.29) is 18.7 Å². The van der Waals surface area contributed by atoms with E-state index in [1.807, 2.05) is 12.1 Å². The fourth-order valence-electron chi connectivity index (χ4n) is 2.62. The summed E-state index contributed by atoms with van der Waals surface area (Å²) in [6.07, 6.45) is 1.90. The van der Waals surface area contributed by atoms with Crippen molar-refractivity contribution >= 4 is 17.6 Å². The largest absolute Gasteiger partial charge is 0.395 e. The molecule has 5 nitrogen and oxygen atoms in total. The molecule has 1 fully saturated rings. The standard InChI is InChI=1S/C16H24ClN3O2/c1-19(10-11-21)16(22)18-15-6-8-20(9-7-15)12-13-2-4-14(17)5-3-13/h2-5,15,21H,6-12H2,1H3,(H,18,22). The molecule has 0 unspecified atom stereocenters. The first-order chi connectivity index (χ1) is 10.6. The number of piperidine rings is 1. The minimum atomic E-state index is -0.106. The van der Waals surface area contributed by atoms with E-state index in [1.165, 1.54) is 10.5 Å². The molecular weight excluding hydrogens is 302 g/mol. The third-order valence-electron chi connectivity index (χ3n) is 4.02. The molecule has 0 aliphatic carbocycles. The molecule has 122 valence electrons. The van der Waals surface area contributed by atoms with Crippen molar-refractivity contribution in [3.63, 3.8) is 0 Å². The van der Waals surface area contributed by atoms with Gasteiger partial charge in [0.25, 0.3) is 0 Å². The van der Waals surface area contributed by atoms with Crippen LogP contribution in [0.1, 0.15) is 18.4 Å². The molecule has 1 aromatic rings. The molecule has 0 aromatic heterocycles. The van der Waals surface area contributed by atoms with Crippen LogP contribution in [0.15, 0.2) is 24.3 Å². The Morgan fingerprint density at radius 1 is 1.36 bits per heavy atom. The number of likely N-dealkylation sites (tertiary alicyclic amines) is 1. The number of nitrogens with one attached hydrogen (secondary N) is 1. The molecule has 22 heavy (non-hydrogen) atoms. The van der Waals surface area contributed by atoms with E-state index in [0.29, 0.717) is 6.54 Å². The second kappa shape index (κ2) is 8.36. The number of hydrogen-bond donors (Lipinski definition) is 2. The van der Waals surface area contributed by atoms with Crippen molar-refractivity contribution < 1.29 is 9.90 Å². The lowest BCUT2D eigenvalue weighted by molar-refractivity contribution is 0.167. The summed E-state index contributed by atoms with van der Waals surface area (Å²) in [6.45, 7) is 3.21. The summed E-state index contributed by atoms with van der Waals surface area (Å²) < 4.78 is 0. The van der Waals surface area contributed by atoms with Crippen LogP contribution in [0.4, 0.5) is 4.79 Å². The summed E-state index contributed by atoms with van der Waals surface area (Å²) in [5.41, 5.74) is 1.26. The lowest BCUT2D eigenvalue weighted by Gasteiger charge is -2.33. The fourth-order valence-corrected chi connectivity index (χ4v) is 2.75. The Morgan fingerprint density at radius 2 is 2.00 bits per heavy atom. The summed E-state index contributed by atoms with van der Waals surface area (Å²) in [7, 11) is 1.70. The van der Waals surface area contributed by atoms with Gasteiger partial charge in [0.05, 0.1) is 6.61 Å². The predicted octanol–water partition coefficient (Wildman–Crippen LogP) is 1.94. The highest BCUT2D eigenvalue weighted by molar-refractivity contribution is 6.30. The van der Waals surface area contributed by atoms with Crippen molar-refractivity contribution in [3.05, 3.63) is 34.9 Å². The van der Waals surface area contributed by atoms with Gasteiger partial charge < -0.3 is 15.3 Å². The van der Waals surface area contributed by atoms with Crippen LogP contribution >= 0.6 is 11.6 Å². The van der Waals surface area contributed by atoms with Gasteiger partial charge in [0.2, 0.25) is 0 Å². The normalized spacial score (nSPS) is 16.5. The molecule has 0 spiro atoms. The van der Waals surface area contributed by atoms with Crippen molar-refractivity contribution in [1.82, 2.24) is 15.1 Å². The van der Waals surface area contributed by atoms with Crippen molar-refractivity contribution in [1.29, 1.82) is 0 Å². The van der Waals surface area contributed by atoms with Gasteiger partial charge in [-0.2, -0.15) is 0 Å². The molecule has 1 aliphatic rings. The Kier molecular flexibility index (Phi) is 6.49. The number of halogens is 1. The van der Waals surface area contributed by atoms with E-state index in [2.05, 4.69) is 22.3 Å². The van der Waals surface area contributed by atoms with Crippen molar-refractivity contribution in [3.8, 4) is 0 Å². The van der Waals surface area contributed by atoms with Crippen LogP contribution in [0.3, 0.4) is 0 Å². The van der Waals surface area contributed by atoms with Gasteiger partial charge >= 0.3 is 6.03 Å². The highest BCUT2D eigenvalue weighted by Gasteiger charge is 2.21. The fraction of sp³-hybridized carbons (Fsp3) is 0.562. The SMILES string of the molecule is CN(CCO)C(=O)NC1CCN(Cc2ccc(Cl)cc2)CC1. The quantitative estimate of drug-likeness (QED) is 0.870. The van der Waals surface area contributed by atoms with Gasteiger partial charge in [-0.3, -0.25) is 4.90 Å². The van der Waals surface area contributed by atoms with Gasteiger partial charge in [-0.05, 0) is 30.5 Å². The van der Waals surface area contributed by atoms with Gasteiger partial charge in [-0.15, -0.1) is 0 Å². The maximum atomic E-state index is 11.9. The van der Waals surface area contributed by atoms with Gasteiger partial charge in [-0.25, -0.2) is 4.79 Å². The number of hydrogen-bond acceptors (Lipinski definition) is 3. The van der Waals surface area contributed by atoms with E-state index in [4.69, 9.17) is 16.7 Å². The van der Waals surface area contributed by atoms with Crippen molar-refractivity contribution in [2.45, 2.75) is 25.4 Å². The maximum Gasteiger partial charge on any atom is 0.317 e. The average molecular weight is 326 g/mol. The summed E-state index contributed by atoms with van der Waals surface area (Å²) in [6, 6.07) is 8.06. The molecule has 0 bridgehead atoms. The highest BCUT2D eigenvalue weighted by Crippen LogP contribution is 2.16. The second-order valence-electron chi connectivity index (χ2n) is 5.77.